The topological polar surface area (TPSA) is 71.1 Å². The van der Waals surface area contributed by atoms with Crippen LogP contribution in [0.3, 0.4) is 0 Å². The molecule has 2 heterocycles. The number of benzene rings is 1. The number of amides is 1. The van der Waals surface area contributed by atoms with Crippen LogP contribution in [-0.4, -0.2) is 52.4 Å². The molecule has 0 bridgehead atoms. The van der Waals surface area contributed by atoms with Crippen LogP contribution in [-0.2, 0) is 4.79 Å². The lowest BCUT2D eigenvalue weighted by Gasteiger charge is -2.16. The molecule has 0 spiro atoms. The van der Waals surface area contributed by atoms with E-state index in [0.717, 1.165) is 18.7 Å². The summed E-state index contributed by atoms with van der Waals surface area (Å²) in [6.07, 6.45) is 2.24. The molecule has 0 unspecified atom stereocenters. The molecule has 1 aliphatic carbocycles. The molecule has 4 rings (SSSR count). The number of rotatable bonds is 6. The van der Waals surface area contributed by atoms with E-state index in [4.69, 9.17) is 4.74 Å². The van der Waals surface area contributed by atoms with Gasteiger partial charge in [0.05, 0.1) is 6.67 Å². The Kier molecular flexibility index (Phi) is 4.38. The van der Waals surface area contributed by atoms with Crippen LogP contribution >= 0.6 is 0 Å². The molecule has 1 amide bonds. The molecule has 1 aromatic heterocycles. The molecule has 132 valence electrons. The lowest BCUT2D eigenvalue weighted by Crippen LogP contribution is -2.33. The Labute approximate surface area is 145 Å². The van der Waals surface area contributed by atoms with Gasteiger partial charge in [0, 0.05) is 30.8 Å². The number of H-pyrrole nitrogens is 1. The molecular weight excluding hydrogens is 323 g/mol. The first kappa shape index (κ1) is 16.1. The van der Waals surface area contributed by atoms with Crippen LogP contribution in [0.1, 0.15) is 36.3 Å². The number of carbonyl (C=O) groups excluding carboxylic acids is 1. The smallest absolute Gasteiger partial charge is 0.260 e. The fourth-order valence-corrected chi connectivity index (χ4v) is 3.27. The highest BCUT2D eigenvalue weighted by Crippen LogP contribution is 2.39. The number of hydrogen-bond donors (Lipinski definition) is 1. The normalized spacial score (nSPS) is 23.0. The van der Waals surface area contributed by atoms with E-state index in [1.807, 2.05) is 18.2 Å². The number of hydrogen-bond acceptors (Lipinski definition) is 4. The third-order valence-corrected chi connectivity index (χ3v) is 4.91. The summed E-state index contributed by atoms with van der Waals surface area (Å²) in [6, 6.07) is 9.20. The van der Waals surface area contributed by atoms with Crippen LogP contribution in [0, 0.1) is 5.92 Å². The largest absolute Gasteiger partial charge is 0.484 e. The average molecular weight is 344 g/mol. The second-order valence-electron chi connectivity index (χ2n) is 6.77. The van der Waals surface area contributed by atoms with E-state index in [1.165, 1.54) is 0 Å². The number of alkyl halides is 1. The summed E-state index contributed by atoms with van der Waals surface area (Å²) < 4.78 is 19.0. The Balaban J connectivity index is 1.38. The molecule has 25 heavy (non-hydrogen) atoms. The van der Waals surface area contributed by atoms with Crippen LogP contribution < -0.4 is 4.74 Å². The van der Waals surface area contributed by atoms with Crippen LogP contribution in [0.4, 0.5) is 4.39 Å². The fraction of sp³-hybridized carbons (Fsp3) is 0.500. The number of carbonyl (C=O) groups is 1. The van der Waals surface area contributed by atoms with Gasteiger partial charge in [0.25, 0.3) is 5.91 Å². The van der Waals surface area contributed by atoms with Crippen molar-refractivity contribution in [1.82, 2.24) is 20.1 Å². The monoisotopic (exact) mass is 344 g/mol. The highest BCUT2D eigenvalue weighted by Gasteiger charge is 2.39. The molecule has 2 fully saturated rings. The highest BCUT2D eigenvalue weighted by molar-refractivity contribution is 5.78. The quantitative estimate of drug-likeness (QED) is 0.873. The lowest BCUT2D eigenvalue weighted by molar-refractivity contribution is -0.132. The standard InChI is InChI=1S/C18H21FN4O2/c19-8-13-9-23(16(24)11-25-14-4-2-1-3-5-14)10-15(13)18-20-17(21-22-18)12-6-7-12/h1-5,12-13,15H,6-11H2,(H,20,21,22)/t13-,15-/m1/s1. The Morgan fingerprint density at radius 2 is 2.08 bits per heavy atom. The van der Waals surface area contributed by atoms with E-state index in [9.17, 15) is 9.18 Å². The summed E-state index contributed by atoms with van der Waals surface area (Å²) in [7, 11) is 0. The first-order chi connectivity index (χ1) is 12.2. The Hall–Kier alpha value is -2.44. The SMILES string of the molecule is O=C(COc1ccccc1)N1C[C@@H](CF)[C@H](c2nc(C3CC3)n[nH]2)C1. The number of nitrogens with zero attached hydrogens (tertiary/aromatic N) is 3. The number of para-hydroxylation sites is 1. The summed E-state index contributed by atoms with van der Waals surface area (Å²) in [4.78, 5) is 18.6. The number of likely N-dealkylation sites (tertiary alicyclic amines) is 1. The molecule has 2 aromatic rings. The zero-order valence-corrected chi connectivity index (χ0v) is 13.9. The van der Waals surface area contributed by atoms with Crippen LogP contribution in [0.25, 0.3) is 0 Å². The molecule has 2 aliphatic rings. The van der Waals surface area contributed by atoms with Crippen molar-refractivity contribution in [2.24, 2.45) is 5.92 Å². The van der Waals surface area contributed by atoms with Gasteiger partial charge in [-0.2, -0.15) is 5.10 Å². The van der Waals surface area contributed by atoms with Gasteiger partial charge in [-0.1, -0.05) is 18.2 Å². The summed E-state index contributed by atoms with van der Waals surface area (Å²) in [5.41, 5.74) is 0. The number of aromatic amines is 1. The molecule has 1 aliphatic heterocycles. The fourth-order valence-electron chi connectivity index (χ4n) is 3.27. The maximum Gasteiger partial charge on any atom is 0.260 e. The third kappa shape index (κ3) is 3.50. The Bertz CT molecular complexity index is 732. The lowest BCUT2D eigenvalue weighted by atomic mass is 9.97. The first-order valence-corrected chi connectivity index (χ1v) is 8.68. The van der Waals surface area contributed by atoms with Gasteiger partial charge in [-0.25, -0.2) is 4.98 Å². The zero-order chi connectivity index (χ0) is 17.2. The van der Waals surface area contributed by atoms with Crippen molar-refractivity contribution in [2.45, 2.75) is 24.7 Å². The van der Waals surface area contributed by atoms with E-state index in [0.29, 0.717) is 30.6 Å². The zero-order valence-electron chi connectivity index (χ0n) is 13.9. The molecule has 7 heteroatoms. The van der Waals surface area contributed by atoms with Gasteiger partial charge in [0.15, 0.2) is 12.4 Å². The number of nitrogens with one attached hydrogen (secondary N) is 1. The van der Waals surface area contributed by atoms with Gasteiger partial charge in [-0.05, 0) is 25.0 Å². The first-order valence-electron chi connectivity index (χ1n) is 8.68. The van der Waals surface area contributed by atoms with Crippen LogP contribution in [0.15, 0.2) is 30.3 Å². The minimum atomic E-state index is -0.479. The molecule has 1 saturated heterocycles. The van der Waals surface area contributed by atoms with Crippen molar-refractivity contribution in [3.8, 4) is 5.75 Å². The van der Waals surface area contributed by atoms with Gasteiger partial charge in [0.2, 0.25) is 0 Å². The molecule has 0 radical (unpaired) electrons. The minimum absolute atomic E-state index is 0.0422. The second-order valence-corrected chi connectivity index (χ2v) is 6.77. The average Bonchev–Trinajstić information content (AvgIpc) is 3.22. The van der Waals surface area contributed by atoms with Crippen LogP contribution in [0.5, 0.6) is 5.75 Å². The Morgan fingerprint density at radius 1 is 1.28 bits per heavy atom. The van der Waals surface area contributed by atoms with Crippen molar-refractivity contribution in [3.63, 3.8) is 0 Å². The minimum Gasteiger partial charge on any atom is -0.484 e. The molecule has 1 aromatic carbocycles. The molecular formula is C18H21FN4O2. The summed E-state index contributed by atoms with van der Waals surface area (Å²) in [6.45, 7) is 0.315. The Morgan fingerprint density at radius 3 is 2.80 bits per heavy atom. The van der Waals surface area contributed by atoms with Gasteiger partial charge >= 0.3 is 0 Å². The second kappa shape index (κ2) is 6.82. The number of aromatic nitrogens is 3. The highest BCUT2D eigenvalue weighted by atomic mass is 19.1. The van der Waals surface area contributed by atoms with E-state index in [-0.39, 0.29) is 24.3 Å². The van der Waals surface area contributed by atoms with E-state index in [1.54, 1.807) is 17.0 Å². The predicted molar refractivity (Wildman–Crippen MR) is 89.1 cm³/mol. The summed E-state index contributed by atoms with van der Waals surface area (Å²) >= 11 is 0. The summed E-state index contributed by atoms with van der Waals surface area (Å²) in [5, 5.41) is 7.20. The van der Waals surface area contributed by atoms with Crippen molar-refractivity contribution < 1.29 is 13.9 Å². The van der Waals surface area contributed by atoms with Gasteiger partial charge in [-0.15, -0.1) is 0 Å². The number of ether oxygens (including phenoxy) is 1. The van der Waals surface area contributed by atoms with Gasteiger partial charge in [0.1, 0.15) is 11.6 Å². The van der Waals surface area contributed by atoms with E-state index >= 15 is 0 Å². The summed E-state index contributed by atoms with van der Waals surface area (Å²) in [5.74, 6) is 2.11. The molecule has 1 saturated carbocycles. The van der Waals surface area contributed by atoms with Crippen molar-refractivity contribution in [2.75, 3.05) is 26.4 Å². The maximum atomic E-state index is 13.5. The molecule has 1 N–H and O–H groups in total. The van der Waals surface area contributed by atoms with E-state index < -0.39 is 6.67 Å². The van der Waals surface area contributed by atoms with Crippen molar-refractivity contribution >= 4 is 5.91 Å². The third-order valence-electron chi connectivity index (χ3n) is 4.91. The van der Waals surface area contributed by atoms with Crippen molar-refractivity contribution in [3.05, 3.63) is 42.0 Å². The molecule has 6 nitrogen and oxygen atoms in total. The number of halogens is 1. The van der Waals surface area contributed by atoms with E-state index in [2.05, 4.69) is 15.2 Å². The van der Waals surface area contributed by atoms with Crippen LogP contribution in [0.2, 0.25) is 0 Å². The molecule has 2 atom stereocenters. The van der Waals surface area contributed by atoms with Gasteiger partial charge < -0.3 is 9.64 Å². The van der Waals surface area contributed by atoms with Crippen molar-refractivity contribution in [1.29, 1.82) is 0 Å². The van der Waals surface area contributed by atoms with Gasteiger partial charge in [-0.3, -0.25) is 14.3 Å². The predicted octanol–water partition coefficient (Wildman–Crippen LogP) is 2.27. The maximum absolute atomic E-state index is 13.5.